The van der Waals surface area contributed by atoms with Gasteiger partial charge in [0.05, 0.1) is 5.56 Å². The minimum Gasteiger partial charge on any atom is -0.399 e. The molecule has 4 heteroatoms. The van der Waals surface area contributed by atoms with Crippen molar-refractivity contribution in [2.75, 3.05) is 5.73 Å². The smallest absolute Gasteiger partial charge is 0.254 e. The van der Waals surface area contributed by atoms with Crippen LogP contribution in [0.5, 0.6) is 0 Å². The predicted octanol–water partition coefficient (Wildman–Crippen LogP) is 2.33. The fourth-order valence-electron chi connectivity index (χ4n) is 1.47. The highest BCUT2D eigenvalue weighted by Gasteiger charge is 2.14. The number of hydrogen-bond acceptors (Lipinski definition) is 2. The monoisotopic (exact) mass is 224 g/mol. The van der Waals surface area contributed by atoms with Crippen LogP contribution >= 0.6 is 0 Å². The predicted molar refractivity (Wildman–Crippen MR) is 62.6 cm³/mol. The lowest BCUT2D eigenvalue weighted by Crippen LogP contribution is -2.34. The minimum atomic E-state index is -0.580. The Bertz CT molecular complexity index is 375. The maximum absolute atomic E-state index is 13.4. The van der Waals surface area contributed by atoms with Crippen LogP contribution < -0.4 is 11.1 Å². The normalized spacial score (nSPS) is 10.5. The van der Waals surface area contributed by atoms with E-state index in [4.69, 9.17) is 5.73 Å². The SMILES string of the molecule is CCC(CC)NC(=O)c1ccc(N)cc1F. The zero-order valence-electron chi connectivity index (χ0n) is 9.59. The second-order valence-electron chi connectivity index (χ2n) is 3.73. The van der Waals surface area contributed by atoms with Crippen molar-refractivity contribution in [1.29, 1.82) is 0 Å². The van der Waals surface area contributed by atoms with Gasteiger partial charge in [0.25, 0.3) is 5.91 Å². The Morgan fingerprint density at radius 1 is 1.44 bits per heavy atom. The second-order valence-corrected chi connectivity index (χ2v) is 3.73. The van der Waals surface area contributed by atoms with Crippen LogP contribution in [0.2, 0.25) is 0 Å². The van der Waals surface area contributed by atoms with Crippen LogP contribution in [-0.4, -0.2) is 11.9 Å². The fraction of sp³-hybridized carbons (Fsp3) is 0.417. The molecule has 0 radical (unpaired) electrons. The molecule has 3 N–H and O–H groups in total. The molecule has 0 bridgehead atoms. The van der Waals surface area contributed by atoms with E-state index in [0.29, 0.717) is 5.69 Å². The number of hydrogen-bond donors (Lipinski definition) is 2. The van der Waals surface area contributed by atoms with E-state index in [9.17, 15) is 9.18 Å². The summed E-state index contributed by atoms with van der Waals surface area (Å²) in [5, 5.41) is 2.77. The maximum Gasteiger partial charge on any atom is 0.254 e. The van der Waals surface area contributed by atoms with Gasteiger partial charge < -0.3 is 11.1 Å². The van der Waals surface area contributed by atoms with Gasteiger partial charge in [-0.3, -0.25) is 4.79 Å². The van der Waals surface area contributed by atoms with E-state index < -0.39 is 5.82 Å². The Morgan fingerprint density at radius 3 is 2.56 bits per heavy atom. The van der Waals surface area contributed by atoms with E-state index in [1.165, 1.54) is 12.1 Å². The first-order chi connectivity index (χ1) is 7.58. The molecule has 0 unspecified atom stereocenters. The standard InChI is InChI=1S/C12H17FN2O/c1-3-9(4-2)15-12(16)10-6-5-8(14)7-11(10)13/h5-7,9H,3-4,14H2,1-2H3,(H,15,16). The Labute approximate surface area is 94.8 Å². The number of benzene rings is 1. The van der Waals surface area contributed by atoms with E-state index >= 15 is 0 Å². The molecule has 16 heavy (non-hydrogen) atoms. The largest absolute Gasteiger partial charge is 0.399 e. The summed E-state index contributed by atoms with van der Waals surface area (Å²) < 4.78 is 13.4. The summed E-state index contributed by atoms with van der Waals surface area (Å²) in [4.78, 5) is 11.7. The molecule has 0 spiro atoms. The molecule has 3 nitrogen and oxygen atoms in total. The van der Waals surface area contributed by atoms with Gasteiger partial charge in [0.15, 0.2) is 0 Å². The summed E-state index contributed by atoms with van der Waals surface area (Å²) in [6.45, 7) is 3.96. The Hall–Kier alpha value is -1.58. The van der Waals surface area contributed by atoms with Crippen LogP contribution in [0.3, 0.4) is 0 Å². The third-order valence-electron chi connectivity index (χ3n) is 2.56. The summed E-state index contributed by atoms with van der Waals surface area (Å²) >= 11 is 0. The van der Waals surface area contributed by atoms with Crippen LogP contribution in [0.1, 0.15) is 37.0 Å². The van der Waals surface area contributed by atoms with Crippen LogP contribution in [0.15, 0.2) is 18.2 Å². The van der Waals surface area contributed by atoms with Gasteiger partial charge in [-0.1, -0.05) is 13.8 Å². The Kier molecular flexibility index (Phi) is 4.28. The minimum absolute atomic E-state index is 0.0427. The lowest BCUT2D eigenvalue weighted by Gasteiger charge is -2.14. The summed E-state index contributed by atoms with van der Waals surface area (Å²) in [7, 11) is 0. The van der Waals surface area contributed by atoms with E-state index in [0.717, 1.165) is 18.9 Å². The molecule has 0 aliphatic rings. The van der Waals surface area contributed by atoms with Crippen molar-refractivity contribution in [2.24, 2.45) is 0 Å². The van der Waals surface area contributed by atoms with E-state index in [1.807, 2.05) is 13.8 Å². The summed E-state index contributed by atoms with van der Waals surface area (Å²) in [5.74, 6) is -0.963. The van der Waals surface area contributed by atoms with Crippen molar-refractivity contribution >= 4 is 11.6 Å². The van der Waals surface area contributed by atoms with E-state index in [2.05, 4.69) is 5.32 Å². The molecular formula is C12H17FN2O. The van der Waals surface area contributed by atoms with Crippen molar-refractivity contribution in [3.8, 4) is 0 Å². The molecular weight excluding hydrogens is 207 g/mol. The van der Waals surface area contributed by atoms with Crippen LogP contribution in [0.25, 0.3) is 0 Å². The van der Waals surface area contributed by atoms with Crippen molar-refractivity contribution in [3.05, 3.63) is 29.6 Å². The highest BCUT2D eigenvalue weighted by Crippen LogP contribution is 2.12. The summed E-state index contributed by atoms with van der Waals surface area (Å²) in [6, 6.07) is 4.17. The van der Waals surface area contributed by atoms with Gasteiger partial charge in [0.1, 0.15) is 5.82 Å². The van der Waals surface area contributed by atoms with Gasteiger partial charge in [0.2, 0.25) is 0 Å². The Morgan fingerprint density at radius 2 is 2.06 bits per heavy atom. The molecule has 0 atom stereocenters. The van der Waals surface area contributed by atoms with Gasteiger partial charge in [-0.25, -0.2) is 4.39 Å². The van der Waals surface area contributed by atoms with Gasteiger partial charge in [-0.2, -0.15) is 0 Å². The quantitative estimate of drug-likeness (QED) is 0.771. The Balaban J connectivity index is 2.80. The number of rotatable bonds is 4. The first kappa shape index (κ1) is 12.5. The number of nitrogens with one attached hydrogen (secondary N) is 1. The molecule has 88 valence electrons. The fourth-order valence-corrected chi connectivity index (χ4v) is 1.47. The first-order valence-electron chi connectivity index (χ1n) is 5.44. The highest BCUT2D eigenvalue weighted by molar-refractivity contribution is 5.95. The lowest BCUT2D eigenvalue weighted by atomic mass is 10.1. The molecule has 0 aromatic heterocycles. The third kappa shape index (κ3) is 2.95. The molecule has 1 rings (SSSR count). The third-order valence-corrected chi connectivity index (χ3v) is 2.56. The number of nitrogens with two attached hydrogens (primary N) is 1. The molecule has 1 aromatic rings. The lowest BCUT2D eigenvalue weighted by molar-refractivity contribution is 0.0931. The number of amides is 1. The molecule has 0 heterocycles. The van der Waals surface area contributed by atoms with Crippen LogP contribution in [-0.2, 0) is 0 Å². The van der Waals surface area contributed by atoms with Crippen molar-refractivity contribution in [3.63, 3.8) is 0 Å². The molecule has 1 amide bonds. The number of anilines is 1. The number of carbonyl (C=O) groups is 1. The van der Waals surface area contributed by atoms with Crippen molar-refractivity contribution < 1.29 is 9.18 Å². The average molecular weight is 224 g/mol. The number of halogens is 1. The molecule has 0 fully saturated rings. The van der Waals surface area contributed by atoms with Gasteiger partial charge in [-0.15, -0.1) is 0 Å². The number of nitrogen functional groups attached to an aromatic ring is 1. The average Bonchev–Trinajstić information content (AvgIpc) is 2.25. The molecule has 0 aliphatic heterocycles. The molecule has 0 aliphatic carbocycles. The maximum atomic E-state index is 13.4. The molecule has 0 saturated carbocycles. The van der Waals surface area contributed by atoms with Gasteiger partial charge >= 0.3 is 0 Å². The highest BCUT2D eigenvalue weighted by atomic mass is 19.1. The zero-order chi connectivity index (χ0) is 12.1. The van der Waals surface area contributed by atoms with Crippen LogP contribution in [0, 0.1) is 5.82 Å². The van der Waals surface area contributed by atoms with Crippen molar-refractivity contribution in [1.82, 2.24) is 5.32 Å². The van der Waals surface area contributed by atoms with Crippen LogP contribution in [0.4, 0.5) is 10.1 Å². The summed E-state index contributed by atoms with van der Waals surface area (Å²) in [6.07, 6.45) is 1.66. The van der Waals surface area contributed by atoms with E-state index in [-0.39, 0.29) is 17.5 Å². The molecule has 0 saturated heterocycles. The summed E-state index contributed by atoms with van der Waals surface area (Å²) in [5.41, 5.74) is 5.77. The van der Waals surface area contributed by atoms with Gasteiger partial charge in [-0.05, 0) is 31.0 Å². The topological polar surface area (TPSA) is 55.1 Å². The van der Waals surface area contributed by atoms with Crippen molar-refractivity contribution in [2.45, 2.75) is 32.7 Å². The first-order valence-corrected chi connectivity index (χ1v) is 5.44. The van der Waals surface area contributed by atoms with Gasteiger partial charge in [0, 0.05) is 11.7 Å². The van der Waals surface area contributed by atoms with E-state index in [1.54, 1.807) is 0 Å². The second kappa shape index (κ2) is 5.49. The molecule has 1 aromatic carbocycles. The number of carbonyl (C=O) groups excluding carboxylic acids is 1. The zero-order valence-corrected chi connectivity index (χ0v) is 9.59.